The summed E-state index contributed by atoms with van der Waals surface area (Å²) in [6.45, 7) is 7.15. The van der Waals surface area contributed by atoms with E-state index in [0.717, 1.165) is 28.8 Å². The van der Waals surface area contributed by atoms with Gasteiger partial charge in [0, 0.05) is 17.8 Å². The van der Waals surface area contributed by atoms with E-state index in [4.69, 9.17) is 16.3 Å². The SMILES string of the molecule is Cc1cc(C)c(NC(=O)[C@@H](C)OC(=O)c2ccc([N+](=O)[O-])cc2Cl)c(C)c1. The number of nitrogens with one attached hydrogen (secondary N) is 1. The van der Waals surface area contributed by atoms with Crippen molar-refractivity contribution in [3.8, 4) is 0 Å². The van der Waals surface area contributed by atoms with Crippen molar-refractivity contribution in [1.82, 2.24) is 0 Å². The predicted octanol–water partition coefficient (Wildman–Crippen LogP) is 4.36. The van der Waals surface area contributed by atoms with Crippen molar-refractivity contribution in [2.24, 2.45) is 0 Å². The van der Waals surface area contributed by atoms with Crippen LogP contribution in [0.25, 0.3) is 0 Å². The van der Waals surface area contributed by atoms with E-state index in [1.54, 1.807) is 0 Å². The van der Waals surface area contributed by atoms with Crippen LogP contribution in [0.1, 0.15) is 34.0 Å². The lowest BCUT2D eigenvalue weighted by atomic mass is 10.0. The molecule has 0 aliphatic carbocycles. The Labute approximate surface area is 161 Å². The van der Waals surface area contributed by atoms with Gasteiger partial charge in [0.1, 0.15) is 0 Å². The van der Waals surface area contributed by atoms with Crippen LogP contribution in [0.5, 0.6) is 0 Å². The van der Waals surface area contributed by atoms with Crippen molar-refractivity contribution < 1.29 is 19.2 Å². The smallest absolute Gasteiger partial charge is 0.340 e. The molecule has 1 amide bonds. The van der Waals surface area contributed by atoms with Gasteiger partial charge in [-0.2, -0.15) is 0 Å². The molecular weight excluding hydrogens is 372 g/mol. The van der Waals surface area contributed by atoms with Gasteiger partial charge in [-0.25, -0.2) is 4.79 Å². The predicted molar refractivity (Wildman–Crippen MR) is 102 cm³/mol. The van der Waals surface area contributed by atoms with E-state index < -0.39 is 22.9 Å². The number of amides is 1. The van der Waals surface area contributed by atoms with Gasteiger partial charge in [-0.1, -0.05) is 29.3 Å². The molecule has 0 saturated carbocycles. The first kappa shape index (κ1) is 20.4. The Morgan fingerprint density at radius 3 is 2.26 bits per heavy atom. The van der Waals surface area contributed by atoms with E-state index in [1.165, 1.54) is 13.0 Å². The summed E-state index contributed by atoms with van der Waals surface area (Å²) in [5.41, 5.74) is 3.25. The second-order valence-corrected chi connectivity index (χ2v) is 6.64. The molecule has 0 unspecified atom stereocenters. The van der Waals surface area contributed by atoms with E-state index in [9.17, 15) is 19.7 Å². The molecule has 0 heterocycles. The lowest BCUT2D eigenvalue weighted by Crippen LogP contribution is -2.30. The Kier molecular flexibility index (Phi) is 6.17. The molecule has 1 N–H and O–H groups in total. The first-order chi connectivity index (χ1) is 12.6. The molecule has 0 bridgehead atoms. The third-order valence-electron chi connectivity index (χ3n) is 3.96. The molecule has 0 radical (unpaired) electrons. The number of carbonyl (C=O) groups is 2. The summed E-state index contributed by atoms with van der Waals surface area (Å²) in [6.07, 6.45) is -1.08. The normalized spacial score (nSPS) is 11.6. The molecule has 2 rings (SSSR count). The molecule has 1 atom stereocenters. The number of non-ortho nitro benzene ring substituents is 1. The number of benzene rings is 2. The molecule has 2 aromatic rings. The number of hydrogen-bond acceptors (Lipinski definition) is 5. The number of hydrogen-bond donors (Lipinski definition) is 1. The van der Waals surface area contributed by atoms with Crippen LogP contribution in [0.3, 0.4) is 0 Å². The topological polar surface area (TPSA) is 98.5 Å². The molecule has 0 saturated heterocycles. The maximum atomic E-state index is 12.4. The third-order valence-corrected chi connectivity index (χ3v) is 4.27. The minimum absolute atomic E-state index is 0.0513. The molecule has 0 spiro atoms. The molecule has 8 heteroatoms. The van der Waals surface area contributed by atoms with E-state index in [1.807, 2.05) is 32.9 Å². The van der Waals surface area contributed by atoms with Crippen molar-refractivity contribution in [2.75, 3.05) is 5.32 Å². The van der Waals surface area contributed by atoms with Crippen LogP contribution in [0.4, 0.5) is 11.4 Å². The summed E-state index contributed by atoms with van der Waals surface area (Å²) in [4.78, 5) is 34.7. The lowest BCUT2D eigenvalue weighted by Gasteiger charge is -2.17. The Bertz CT molecular complexity index is 903. The van der Waals surface area contributed by atoms with Crippen LogP contribution < -0.4 is 5.32 Å². The standard InChI is InChI=1S/C19H19ClN2O5/c1-10-7-11(2)17(12(3)8-10)21-18(23)13(4)27-19(24)15-6-5-14(22(25)26)9-16(15)20/h5-9,13H,1-4H3,(H,21,23)/t13-/m1/s1. The maximum absolute atomic E-state index is 12.4. The van der Waals surface area contributed by atoms with Crippen molar-refractivity contribution in [2.45, 2.75) is 33.8 Å². The van der Waals surface area contributed by atoms with Gasteiger partial charge in [0.05, 0.1) is 15.5 Å². The quantitative estimate of drug-likeness (QED) is 0.464. The van der Waals surface area contributed by atoms with Crippen molar-refractivity contribution in [3.05, 3.63) is 67.7 Å². The Balaban J connectivity index is 2.10. The highest BCUT2D eigenvalue weighted by molar-refractivity contribution is 6.33. The Hall–Kier alpha value is -2.93. The number of anilines is 1. The number of halogens is 1. The number of aryl methyl sites for hydroxylation is 3. The van der Waals surface area contributed by atoms with Crippen LogP contribution in [0, 0.1) is 30.9 Å². The second-order valence-electron chi connectivity index (χ2n) is 6.23. The fraction of sp³-hybridized carbons (Fsp3) is 0.263. The summed E-state index contributed by atoms with van der Waals surface area (Å²) in [5, 5.41) is 13.4. The minimum Gasteiger partial charge on any atom is -0.449 e. The summed E-state index contributed by atoms with van der Waals surface area (Å²) in [6, 6.07) is 7.28. The van der Waals surface area contributed by atoms with Gasteiger partial charge in [0.2, 0.25) is 0 Å². The van der Waals surface area contributed by atoms with Crippen LogP contribution in [0.2, 0.25) is 5.02 Å². The minimum atomic E-state index is -1.08. The zero-order valence-corrected chi connectivity index (χ0v) is 16.1. The van der Waals surface area contributed by atoms with E-state index >= 15 is 0 Å². The van der Waals surface area contributed by atoms with Crippen LogP contribution >= 0.6 is 11.6 Å². The van der Waals surface area contributed by atoms with Crippen LogP contribution in [0.15, 0.2) is 30.3 Å². The number of nitrogens with zero attached hydrogens (tertiary/aromatic N) is 1. The third kappa shape index (κ3) is 4.83. The molecular formula is C19H19ClN2O5. The fourth-order valence-electron chi connectivity index (χ4n) is 2.66. The highest BCUT2D eigenvalue weighted by Gasteiger charge is 2.22. The van der Waals surface area contributed by atoms with Crippen molar-refractivity contribution >= 4 is 34.9 Å². The zero-order valence-electron chi connectivity index (χ0n) is 15.3. The molecule has 0 aliphatic heterocycles. The summed E-state index contributed by atoms with van der Waals surface area (Å²) < 4.78 is 5.15. The number of nitro benzene ring substituents is 1. The van der Waals surface area contributed by atoms with Gasteiger partial charge >= 0.3 is 5.97 Å². The number of nitro groups is 1. The van der Waals surface area contributed by atoms with Crippen molar-refractivity contribution in [3.63, 3.8) is 0 Å². The lowest BCUT2D eigenvalue weighted by molar-refractivity contribution is -0.384. The number of esters is 1. The molecule has 7 nitrogen and oxygen atoms in total. The molecule has 0 aliphatic rings. The van der Waals surface area contributed by atoms with Gasteiger partial charge in [-0.05, 0) is 44.9 Å². The maximum Gasteiger partial charge on any atom is 0.340 e. The number of rotatable bonds is 5. The van der Waals surface area contributed by atoms with Gasteiger partial charge in [0.25, 0.3) is 11.6 Å². The van der Waals surface area contributed by atoms with Crippen molar-refractivity contribution in [1.29, 1.82) is 0 Å². The van der Waals surface area contributed by atoms with Gasteiger partial charge in [-0.3, -0.25) is 14.9 Å². The molecule has 2 aromatic carbocycles. The Morgan fingerprint density at radius 1 is 1.15 bits per heavy atom. The average molecular weight is 391 g/mol. The monoisotopic (exact) mass is 390 g/mol. The van der Waals surface area contributed by atoms with E-state index in [2.05, 4.69) is 5.32 Å². The van der Waals surface area contributed by atoms with Crippen LogP contribution in [-0.2, 0) is 9.53 Å². The number of ether oxygens (including phenoxy) is 1. The first-order valence-electron chi connectivity index (χ1n) is 8.13. The first-order valence-corrected chi connectivity index (χ1v) is 8.51. The Morgan fingerprint density at radius 2 is 1.74 bits per heavy atom. The van der Waals surface area contributed by atoms with E-state index in [0.29, 0.717) is 5.69 Å². The highest BCUT2D eigenvalue weighted by Crippen LogP contribution is 2.24. The van der Waals surface area contributed by atoms with E-state index in [-0.39, 0.29) is 16.3 Å². The molecule has 0 fully saturated rings. The van der Waals surface area contributed by atoms with Crippen LogP contribution in [-0.4, -0.2) is 22.9 Å². The summed E-state index contributed by atoms with van der Waals surface area (Å²) in [7, 11) is 0. The van der Waals surface area contributed by atoms with Gasteiger partial charge in [0.15, 0.2) is 6.10 Å². The summed E-state index contributed by atoms with van der Waals surface area (Å²) in [5.74, 6) is -1.33. The molecule has 142 valence electrons. The fourth-order valence-corrected chi connectivity index (χ4v) is 2.91. The molecule has 27 heavy (non-hydrogen) atoms. The zero-order chi connectivity index (χ0) is 20.3. The molecule has 0 aromatic heterocycles. The number of carbonyl (C=O) groups excluding carboxylic acids is 2. The van der Waals surface area contributed by atoms with Gasteiger partial charge < -0.3 is 10.1 Å². The second kappa shape index (κ2) is 8.18. The largest absolute Gasteiger partial charge is 0.449 e. The average Bonchev–Trinajstić information content (AvgIpc) is 2.57. The summed E-state index contributed by atoms with van der Waals surface area (Å²) >= 11 is 5.91. The highest BCUT2D eigenvalue weighted by atomic mass is 35.5. The van der Waals surface area contributed by atoms with Gasteiger partial charge in [-0.15, -0.1) is 0 Å².